The third-order valence-electron chi connectivity index (χ3n) is 7.87. The van der Waals surface area contributed by atoms with E-state index in [-0.39, 0.29) is 15.9 Å². The molecule has 0 aliphatic rings. The smallest absolute Gasteiger partial charge is 0.229 e. The maximum absolute atomic E-state index is 12.8. The summed E-state index contributed by atoms with van der Waals surface area (Å²) in [6, 6.07) is 7.59. The molecular formula is C29H48N2O3Si2. The lowest BCUT2D eigenvalue weighted by molar-refractivity contribution is 0.102. The molecule has 0 amide bonds. The minimum Gasteiger partial charge on any atom is -0.417 e. The zero-order chi connectivity index (χ0) is 27.2. The standard InChI is InChI=1S/C29H48N2O3Si2/c1-28(2,3)35(7,8)33-19-11-13-23-15-17-25(30-21-23)27(32)26-18-16-24(22-31-26)14-12-20-34-36(9,10)29(4,5)6/h15-18,21-22H,11-14,19-20H2,1-10H3. The van der Waals surface area contributed by atoms with E-state index < -0.39 is 16.6 Å². The average molecular weight is 529 g/mol. The number of aryl methyl sites for hydroxylation is 2. The van der Waals surface area contributed by atoms with Crippen molar-refractivity contribution in [3.8, 4) is 0 Å². The summed E-state index contributed by atoms with van der Waals surface area (Å²) in [7, 11) is -3.41. The maximum atomic E-state index is 12.8. The molecule has 0 unspecified atom stereocenters. The van der Waals surface area contributed by atoms with E-state index in [1.54, 1.807) is 24.5 Å². The van der Waals surface area contributed by atoms with Crippen molar-refractivity contribution in [2.24, 2.45) is 0 Å². The lowest BCUT2D eigenvalue weighted by Gasteiger charge is -2.36. The van der Waals surface area contributed by atoms with E-state index >= 15 is 0 Å². The van der Waals surface area contributed by atoms with Gasteiger partial charge in [0.1, 0.15) is 11.4 Å². The average Bonchev–Trinajstić information content (AvgIpc) is 2.78. The molecule has 0 saturated heterocycles. The Morgan fingerprint density at radius 3 is 1.33 bits per heavy atom. The van der Waals surface area contributed by atoms with Crippen molar-refractivity contribution in [2.45, 2.75) is 103 Å². The quantitative estimate of drug-likeness (QED) is 0.161. The van der Waals surface area contributed by atoms with Crippen LogP contribution in [0.2, 0.25) is 36.3 Å². The first-order chi connectivity index (χ1) is 16.5. The number of pyridine rings is 2. The van der Waals surface area contributed by atoms with Gasteiger partial charge in [0.2, 0.25) is 5.78 Å². The molecule has 0 saturated carbocycles. The first kappa shape index (κ1) is 30.5. The Morgan fingerprint density at radius 2 is 1.06 bits per heavy atom. The molecular weight excluding hydrogens is 481 g/mol. The summed E-state index contributed by atoms with van der Waals surface area (Å²) in [5, 5.41) is 0.448. The molecule has 36 heavy (non-hydrogen) atoms. The molecule has 0 aliphatic carbocycles. The number of ketones is 1. The van der Waals surface area contributed by atoms with Gasteiger partial charge in [-0.2, -0.15) is 0 Å². The third kappa shape index (κ3) is 8.72. The summed E-state index contributed by atoms with van der Waals surface area (Å²) in [4.78, 5) is 21.7. The van der Waals surface area contributed by atoms with Crippen molar-refractivity contribution in [2.75, 3.05) is 13.2 Å². The van der Waals surface area contributed by atoms with Crippen LogP contribution in [0.15, 0.2) is 36.7 Å². The van der Waals surface area contributed by atoms with E-state index in [9.17, 15) is 4.79 Å². The molecule has 2 aromatic heterocycles. The molecule has 0 bridgehead atoms. The van der Waals surface area contributed by atoms with E-state index in [1.807, 2.05) is 12.1 Å². The minimum atomic E-state index is -1.70. The van der Waals surface area contributed by atoms with Gasteiger partial charge >= 0.3 is 0 Å². The summed E-state index contributed by atoms with van der Waals surface area (Å²) in [6.45, 7) is 24.2. The van der Waals surface area contributed by atoms with Crippen LogP contribution in [0.3, 0.4) is 0 Å². The molecule has 0 aromatic carbocycles. The van der Waals surface area contributed by atoms with Gasteiger partial charge in [-0.1, -0.05) is 53.7 Å². The largest absolute Gasteiger partial charge is 0.417 e. The normalized spacial score (nSPS) is 13.2. The Bertz CT molecular complexity index is 894. The van der Waals surface area contributed by atoms with E-state index in [0.717, 1.165) is 50.0 Å². The molecule has 0 radical (unpaired) electrons. The Hall–Kier alpha value is -1.68. The Balaban J connectivity index is 1.82. The SMILES string of the molecule is CC(C)(C)[Si](C)(C)OCCCc1ccc(C(=O)c2ccc(CCCO[Si](C)(C)C(C)(C)C)cn2)nc1. The predicted molar refractivity (Wildman–Crippen MR) is 155 cm³/mol. The van der Waals surface area contributed by atoms with E-state index in [4.69, 9.17) is 8.85 Å². The molecule has 5 nitrogen and oxygen atoms in total. The van der Waals surface area contributed by atoms with Gasteiger partial charge in [0.15, 0.2) is 16.6 Å². The van der Waals surface area contributed by atoms with Crippen LogP contribution >= 0.6 is 0 Å². The summed E-state index contributed by atoms with van der Waals surface area (Å²) in [6.07, 6.45) is 7.29. The lowest BCUT2D eigenvalue weighted by atomic mass is 10.1. The number of carbonyl (C=O) groups is 1. The van der Waals surface area contributed by atoms with Crippen molar-refractivity contribution in [3.05, 3.63) is 59.2 Å². The molecule has 0 atom stereocenters. The molecule has 2 heterocycles. The van der Waals surface area contributed by atoms with Gasteiger partial charge < -0.3 is 8.85 Å². The van der Waals surface area contributed by atoms with Crippen LogP contribution in [0, 0.1) is 0 Å². The maximum Gasteiger partial charge on any atom is 0.229 e. The van der Waals surface area contributed by atoms with Gasteiger partial charge in [-0.15, -0.1) is 0 Å². The second kappa shape index (κ2) is 12.2. The van der Waals surface area contributed by atoms with Crippen molar-refractivity contribution >= 4 is 22.4 Å². The Kier molecular flexibility index (Phi) is 10.4. The fourth-order valence-electron chi connectivity index (χ4n) is 3.18. The molecule has 2 aromatic rings. The van der Waals surface area contributed by atoms with Gasteiger partial charge in [-0.3, -0.25) is 14.8 Å². The minimum absolute atomic E-state index is 0.143. The highest BCUT2D eigenvalue weighted by Gasteiger charge is 2.37. The lowest BCUT2D eigenvalue weighted by Crippen LogP contribution is -2.41. The highest BCUT2D eigenvalue weighted by molar-refractivity contribution is 6.74. The van der Waals surface area contributed by atoms with Gasteiger partial charge in [0.05, 0.1) is 0 Å². The van der Waals surface area contributed by atoms with E-state index in [1.165, 1.54) is 0 Å². The van der Waals surface area contributed by atoms with Crippen LogP contribution < -0.4 is 0 Å². The van der Waals surface area contributed by atoms with Crippen molar-refractivity contribution in [1.82, 2.24) is 9.97 Å². The second-order valence-electron chi connectivity index (χ2n) is 12.9. The molecule has 7 heteroatoms. The van der Waals surface area contributed by atoms with Crippen LogP contribution in [0.5, 0.6) is 0 Å². The first-order valence-corrected chi connectivity index (χ1v) is 19.1. The fraction of sp³-hybridized carbons (Fsp3) is 0.621. The topological polar surface area (TPSA) is 61.3 Å². The number of carbonyl (C=O) groups excluding carboxylic acids is 1. The summed E-state index contributed by atoms with van der Waals surface area (Å²) < 4.78 is 12.5. The van der Waals surface area contributed by atoms with Crippen LogP contribution in [0.25, 0.3) is 0 Å². The number of aromatic nitrogens is 2. The van der Waals surface area contributed by atoms with Gasteiger partial charge in [0, 0.05) is 25.6 Å². The molecule has 200 valence electrons. The predicted octanol–water partition coefficient (Wildman–Crippen LogP) is 7.62. The number of hydrogen-bond acceptors (Lipinski definition) is 5. The molecule has 0 aliphatic heterocycles. The zero-order valence-corrected chi connectivity index (χ0v) is 26.3. The Morgan fingerprint density at radius 1 is 0.694 bits per heavy atom. The van der Waals surface area contributed by atoms with Crippen LogP contribution in [0.4, 0.5) is 0 Å². The van der Waals surface area contributed by atoms with Gasteiger partial charge in [-0.25, -0.2) is 0 Å². The summed E-state index contributed by atoms with van der Waals surface area (Å²) in [5.74, 6) is -0.143. The molecule has 2 rings (SSSR count). The van der Waals surface area contributed by atoms with Crippen molar-refractivity contribution in [3.63, 3.8) is 0 Å². The number of rotatable bonds is 12. The van der Waals surface area contributed by atoms with Gasteiger partial charge in [-0.05, 0) is 85.2 Å². The number of nitrogens with zero attached hydrogens (tertiary/aromatic N) is 2. The molecule has 0 N–H and O–H groups in total. The molecule has 0 spiro atoms. The fourth-order valence-corrected chi connectivity index (χ4v) is 5.36. The molecule has 0 fully saturated rings. The van der Waals surface area contributed by atoms with Crippen LogP contribution in [-0.4, -0.2) is 45.6 Å². The van der Waals surface area contributed by atoms with Crippen molar-refractivity contribution in [1.29, 1.82) is 0 Å². The summed E-state index contributed by atoms with van der Waals surface area (Å²) >= 11 is 0. The monoisotopic (exact) mass is 528 g/mol. The first-order valence-electron chi connectivity index (χ1n) is 13.3. The van der Waals surface area contributed by atoms with Crippen LogP contribution in [-0.2, 0) is 21.7 Å². The summed E-state index contributed by atoms with van der Waals surface area (Å²) in [5.41, 5.74) is 3.10. The highest BCUT2D eigenvalue weighted by Crippen LogP contribution is 2.37. The third-order valence-corrected chi connectivity index (χ3v) is 16.9. The van der Waals surface area contributed by atoms with E-state index in [0.29, 0.717) is 11.4 Å². The zero-order valence-electron chi connectivity index (χ0n) is 24.3. The van der Waals surface area contributed by atoms with Crippen LogP contribution in [0.1, 0.15) is 81.7 Å². The second-order valence-corrected chi connectivity index (χ2v) is 22.5. The Labute approximate surface area is 221 Å². The van der Waals surface area contributed by atoms with E-state index in [2.05, 4.69) is 77.7 Å². The van der Waals surface area contributed by atoms with Gasteiger partial charge in [0.25, 0.3) is 0 Å². The number of hydrogen-bond donors (Lipinski definition) is 0. The van der Waals surface area contributed by atoms with Crippen molar-refractivity contribution < 1.29 is 13.6 Å². The highest BCUT2D eigenvalue weighted by atomic mass is 28.4.